The van der Waals surface area contributed by atoms with Crippen molar-refractivity contribution in [2.45, 2.75) is 19.6 Å². The van der Waals surface area contributed by atoms with Crippen LogP contribution in [0.1, 0.15) is 22.5 Å². The van der Waals surface area contributed by atoms with Crippen molar-refractivity contribution in [2.24, 2.45) is 5.10 Å². The summed E-state index contributed by atoms with van der Waals surface area (Å²) in [7, 11) is 0. The molecule has 1 amide bonds. The van der Waals surface area contributed by atoms with E-state index in [-0.39, 0.29) is 5.91 Å². The van der Waals surface area contributed by atoms with Gasteiger partial charge >= 0.3 is 0 Å². The van der Waals surface area contributed by atoms with E-state index in [4.69, 9.17) is 34.8 Å². The fourth-order valence-electron chi connectivity index (χ4n) is 3.08. The van der Waals surface area contributed by atoms with Crippen LogP contribution in [0.2, 0.25) is 15.1 Å². The number of nitrogens with zero attached hydrogens (tertiary/aromatic N) is 2. The van der Waals surface area contributed by atoms with Gasteiger partial charge in [-0.05, 0) is 55.8 Å². The fourth-order valence-corrected chi connectivity index (χ4v) is 4.57. The van der Waals surface area contributed by atoms with Crippen LogP contribution in [0, 0.1) is 13.8 Å². The molecule has 156 valence electrons. The Balaban J connectivity index is 1.59. The Morgan fingerprint density at radius 3 is 2.50 bits per heavy atom. The summed E-state index contributed by atoms with van der Waals surface area (Å²) in [6, 6.07) is 15.0. The molecule has 3 rings (SSSR count). The topological polar surface area (TPSA) is 46.4 Å². The molecular formula is C22H20Cl3N3OS. The zero-order chi connectivity index (χ0) is 21.7. The van der Waals surface area contributed by atoms with Crippen molar-refractivity contribution in [1.29, 1.82) is 0 Å². The number of nitrogens with one attached hydrogen (secondary N) is 1. The number of benzene rings is 2. The van der Waals surface area contributed by atoms with Crippen molar-refractivity contribution in [3.8, 4) is 5.69 Å². The summed E-state index contributed by atoms with van der Waals surface area (Å²) in [5, 5.41) is 5.94. The number of rotatable bonds is 7. The Morgan fingerprint density at radius 2 is 1.80 bits per heavy atom. The average molecular weight is 481 g/mol. The number of halogens is 3. The molecule has 30 heavy (non-hydrogen) atoms. The quantitative estimate of drug-likeness (QED) is 0.312. The normalized spacial score (nSPS) is 11.2. The standard InChI is InChI=1S/C22H20Cl3N3OS/c1-14-6-17(15(2)28(14)21-9-19(24)8-20(25)10-21)11-26-27-22(29)13-30-12-16-4-3-5-18(23)7-16/h3-11H,12-13H2,1-2H3,(H,27,29)/b26-11-. The van der Waals surface area contributed by atoms with Gasteiger partial charge in [0.15, 0.2) is 0 Å². The molecule has 2 aromatic carbocycles. The SMILES string of the molecule is Cc1cc(/C=N\NC(=O)CSCc2cccc(Cl)c2)c(C)n1-c1cc(Cl)cc(Cl)c1. The highest BCUT2D eigenvalue weighted by molar-refractivity contribution is 7.99. The number of hydrogen-bond acceptors (Lipinski definition) is 3. The number of hydrazone groups is 1. The van der Waals surface area contributed by atoms with Gasteiger partial charge in [-0.25, -0.2) is 5.43 Å². The van der Waals surface area contributed by atoms with Gasteiger partial charge in [-0.2, -0.15) is 5.10 Å². The van der Waals surface area contributed by atoms with Crippen molar-refractivity contribution in [3.05, 3.63) is 86.1 Å². The maximum Gasteiger partial charge on any atom is 0.250 e. The molecule has 1 aromatic heterocycles. The number of amides is 1. The van der Waals surface area contributed by atoms with E-state index < -0.39 is 0 Å². The van der Waals surface area contributed by atoms with Crippen LogP contribution in [0.5, 0.6) is 0 Å². The Hall–Kier alpha value is -1.92. The van der Waals surface area contributed by atoms with E-state index in [0.29, 0.717) is 26.6 Å². The third-order valence-corrected chi connectivity index (χ3v) is 6.03. The van der Waals surface area contributed by atoms with Crippen LogP contribution in [0.25, 0.3) is 5.69 Å². The number of thioether (sulfide) groups is 1. The Kier molecular flexibility index (Phi) is 7.89. The van der Waals surface area contributed by atoms with Crippen LogP contribution < -0.4 is 5.43 Å². The van der Waals surface area contributed by atoms with Gasteiger partial charge in [-0.3, -0.25) is 4.79 Å². The van der Waals surface area contributed by atoms with Crippen LogP contribution in [0.15, 0.2) is 53.6 Å². The van der Waals surface area contributed by atoms with Crippen LogP contribution in [-0.2, 0) is 10.5 Å². The molecule has 0 fully saturated rings. The van der Waals surface area contributed by atoms with Crippen LogP contribution in [0.3, 0.4) is 0 Å². The molecule has 0 bridgehead atoms. The van der Waals surface area contributed by atoms with Crippen molar-refractivity contribution < 1.29 is 4.79 Å². The van der Waals surface area contributed by atoms with Gasteiger partial charge in [0.05, 0.1) is 12.0 Å². The molecule has 1 heterocycles. The zero-order valence-corrected chi connectivity index (χ0v) is 19.5. The molecule has 0 aliphatic carbocycles. The first-order valence-corrected chi connectivity index (χ1v) is 11.4. The maximum absolute atomic E-state index is 12.0. The monoisotopic (exact) mass is 479 g/mol. The second-order valence-corrected chi connectivity index (χ2v) is 9.00. The van der Waals surface area contributed by atoms with E-state index >= 15 is 0 Å². The summed E-state index contributed by atoms with van der Waals surface area (Å²) in [5.41, 5.74) is 7.41. The second kappa shape index (κ2) is 10.4. The van der Waals surface area contributed by atoms with E-state index in [1.54, 1.807) is 12.3 Å². The van der Waals surface area contributed by atoms with Crippen LogP contribution in [0.4, 0.5) is 0 Å². The lowest BCUT2D eigenvalue weighted by molar-refractivity contribution is -0.118. The zero-order valence-electron chi connectivity index (χ0n) is 16.5. The molecule has 3 aromatic rings. The Morgan fingerprint density at radius 1 is 1.07 bits per heavy atom. The van der Waals surface area contributed by atoms with E-state index in [1.165, 1.54) is 11.8 Å². The van der Waals surface area contributed by atoms with Crippen molar-refractivity contribution in [3.63, 3.8) is 0 Å². The Bertz CT molecular complexity index is 1070. The number of hydrogen-bond donors (Lipinski definition) is 1. The summed E-state index contributed by atoms with van der Waals surface area (Å²) >= 11 is 19.8. The van der Waals surface area contributed by atoms with Gasteiger partial charge in [0.2, 0.25) is 5.91 Å². The minimum absolute atomic E-state index is 0.159. The van der Waals surface area contributed by atoms with Gasteiger partial charge in [-0.1, -0.05) is 46.9 Å². The van der Waals surface area contributed by atoms with E-state index in [2.05, 4.69) is 10.5 Å². The lowest BCUT2D eigenvalue weighted by Crippen LogP contribution is -2.19. The minimum atomic E-state index is -0.159. The first kappa shape index (κ1) is 22.8. The third-order valence-electron chi connectivity index (χ3n) is 4.36. The highest BCUT2D eigenvalue weighted by Gasteiger charge is 2.11. The van der Waals surface area contributed by atoms with Crippen LogP contribution >= 0.6 is 46.6 Å². The number of carbonyl (C=O) groups excluding carboxylic acids is 1. The summed E-state index contributed by atoms with van der Waals surface area (Å²) in [5.74, 6) is 0.860. The summed E-state index contributed by atoms with van der Waals surface area (Å²) in [4.78, 5) is 12.0. The molecule has 0 saturated heterocycles. The van der Waals surface area contributed by atoms with Crippen LogP contribution in [-0.4, -0.2) is 22.4 Å². The van der Waals surface area contributed by atoms with Crippen molar-refractivity contribution >= 4 is 58.7 Å². The van der Waals surface area contributed by atoms with Gasteiger partial charge < -0.3 is 4.57 Å². The minimum Gasteiger partial charge on any atom is -0.318 e. The maximum atomic E-state index is 12.0. The lowest BCUT2D eigenvalue weighted by Gasteiger charge is -2.10. The molecule has 0 spiro atoms. The predicted molar refractivity (Wildman–Crippen MR) is 129 cm³/mol. The highest BCUT2D eigenvalue weighted by Crippen LogP contribution is 2.26. The van der Waals surface area contributed by atoms with Crippen molar-refractivity contribution in [2.75, 3.05) is 5.75 Å². The molecule has 4 nitrogen and oxygen atoms in total. The molecule has 0 aliphatic rings. The van der Waals surface area contributed by atoms with E-state index in [0.717, 1.165) is 28.2 Å². The number of aromatic nitrogens is 1. The summed E-state index contributed by atoms with van der Waals surface area (Å²) < 4.78 is 2.04. The molecular weight excluding hydrogens is 461 g/mol. The molecule has 0 radical (unpaired) electrons. The van der Waals surface area contributed by atoms with Crippen molar-refractivity contribution in [1.82, 2.24) is 9.99 Å². The summed E-state index contributed by atoms with van der Waals surface area (Å²) in [6.45, 7) is 3.97. The third kappa shape index (κ3) is 6.05. The largest absolute Gasteiger partial charge is 0.318 e. The highest BCUT2D eigenvalue weighted by atomic mass is 35.5. The van der Waals surface area contributed by atoms with Gasteiger partial charge in [0, 0.05) is 43.5 Å². The molecule has 0 aliphatic heterocycles. The summed E-state index contributed by atoms with van der Waals surface area (Å²) in [6.07, 6.45) is 1.64. The smallest absolute Gasteiger partial charge is 0.250 e. The fraction of sp³-hybridized carbons (Fsp3) is 0.182. The van der Waals surface area contributed by atoms with E-state index in [9.17, 15) is 4.79 Å². The second-order valence-electron chi connectivity index (χ2n) is 6.71. The van der Waals surface area contributed by atoms with Gasteiger partial charge in [-0.15, -0.1) is 11.8 Å². The molecule has 1 N–H and O–H groups in total. The average Bonchev–Trinajstić information content (AvgIpc) is 2.94. The van der Waals surface area contributed by atoms with E-state index in [1.807, 2.05) is 60.9 Å². The Labute approximate surface area is 195 Å². The first-order valence-electron chi connectivity index (χ1n) is 9.13. The molecule has 0 atom stereocenters. The molecule has 8 heteroatoms. The van der Waals surface area contributed by atoms with Gasteiger partial charge in [0.25, 0.3) is 0 Å². The number of carbonyl (C=O) groups is 1. The molecule has 0 unspecified atom stereocenters. The molecule has 0 saturated carbocycles. The van der Waals surface area contributed by atoms with Gasteiger partial charge in [0.1, 0.15) is 0 Å². The number of aryl methyl sites for hydroxylation is 1. The first-order chi connectivity index (χ1) is 14.3. The lowest BCUT2D eigenvalue weighted by atomic mass is 10.2. The predicted octanol–water partition coefficient (Wildman–Crippen LogP) is 6.44.